The molecule has 3 rings (SSSR count). The van der Waals surface area contributed by atoms with E-state index in [1.165, 1.54) is 17.7 Å². The molecule has 3 heterocycles. The summed E-state index contributed by atoms with van der Waals surface area (Å²) in [5.41, 5.74) is 3.55. The molecule has 94 valence electrons. The third-order valence-electron chi connectivity index (χ3n) is 3.50. The fourth-order valence-electron chi connectivity index (χ4n) is 2.60. The summed E-state index contributed by atoms with van der Waals surface area (Å²) >= 11 is 0. The molecule has 0 unspecified atom stereocenters. The van der Waals surface area contributed by atoms with Crippen molar-refractivity contribution in [1.82, 2.24) is 9.55 Å². The molecule has 1 fully saturated rings. The standard InChI is InChI=1S/C15H18N2O/c1-12-10-13(6-7-16-12)15-5-2-8-17(15)14-4-3-9-18-11-14/h2,5-8,10,14H,3-4,9,11H2,1H3/t14-/m1/s1. The molecule has 2 aromatic rings. The molecule has 1 aliphatic rings. The molecule has 0 radical (unpaired) electrons. The first-order valence-electron chi connectivity index (χ1n) is 6.52. The van der Waals surface area contributed by atoms with Gasteiger partial charge in [0.25, 0.3) is 0 Å². The van der Waals surface area contributed by atoms with Crippen LogP contribution < -0.4 is 0 Å². The third-order valence-corrected chi connectivity index (χ3v) is 3.50. The van der Waals surface area contributed by atoms with Gasteiger partial charge < -0.3 is 9.30 Å². The van der Waals surface area contributed by atoms with Crippen LogP contribution in [0.5, 0.6) is 0 Å². The lowest BCUT2D eigenvalue weighted by atomic mass is 10.1. The molecule has 3 heteroatoms. The van der Waals surface area contributed by atoms with Crippen LogP contribution in [0.25, 0.3) is 11.3 Å². The van der Waals surface area contributed by atoms with Crippen molar-refractivity contribution in [3.05, 3.63) is 42.4 Å². The van der Waals surface area contributed by atoms with E-state index in [-0.39, 0.29) is 0 Å². The molecule has 1 atom stereocenters. The number of aryl methyl sites for hydroxylation is 1. The predicted octanol–water partition coefficient (Wildman–Crippen LogP) is 3.21. The second-order valence-corrected chi connectivity index (χ2v) is 4.86. The van der Waals surface area contributed by atoms with Gasteiger partial charge in [0.1, 0.15) is 0 Å². The highest BCUT2D eigenvalue weighted by Gasteiger charge is 2.18. The van der Waals surface area contributed by atoms with Gasteiger partial charge in [-0.2, -0.15) is 0 Å². The van der Waals surface area contributed by atoms with Crippen molar-refractivity contribution in [3.63, 3.8) is 0 Å². The minimum atomic E-state index is 0.470. The number of pyridine rings is 1. The average Bonchev–Trinajstić information content (AvgIpc) is 2.89. The molecule has 1 saturated heterocycles. The van der Waals surface area contributed by atoms with Gasteiger partial charge in [-0.1, -0.05) is 0 Å². The van der Waals surface area contributed by atoms with E-state index in [4.69, 9.17) is 4.74 Å². The van der Waals surface area contributed by atoms with Crippen LogP contribution in [0, 0.1) is 6.92 Å². The Morgan fingerprint density at radius 1 is 1.39 bits per heavy atom. The zero-order chi connectivity index (χ0) is 12.4. The fourth-order valence-corrected chi connectivity index (χ4v) is 2.60. The molecular formula is C15H18N2O. The fraction of sp³-hybridized carbons (Fsp3) is 0.400. The van der Waals surface area contributed by atoms with Crippen molar-refractivity contribution < 1.29 is 4.74 Å². The minimum absolute atomic E-state index is 0.470. The van der Waals surface area contributed by atoms with Crippen molar-refractivity contribution in [2.75, 3.05) is 13.2 Å². The highest BCUT2D eigenvalue weighted by Crippen LogP contribution is 2.28. The number of aromatic nitrogens is 2. The molecule has 2 aromatic heterocycles. The van der Waals surface area contributed by atoms with E-state index in [0.29, 0.717) is 6.04 Å². The summed E-state index contributed by atoms with van der Waals surface area (Å²) in [5, 5.41) is 0. The molecule has 0 saturated carbocycles. The number of ether oxygens (including phenoxy) is 1. The predicted molar refractivity (Wildman–Crippen MR) is 71.5 cm³/mol. The Kier molecular flexibility index (Phi) is 3.15. The Labute approximate surface area is 107 Å². The van der Waals surface area contributed by atoms with E-state index < -0.39 is 0 Å². The van der Waals surface area contributed by atoms with Crippen LogP contribution in [-0.4, -0.2) is 22.8 Å². The number of rotatable bonds is 2. The Morgan fingerprint density at radius 3 is 3.11 bits per heavy atom. The SMILES string of the molecule is Cc1cc(-c2cccn2[C@@H]2CCCOC2)ccn1. The average molecular weight is 242 g/mol. The van der Waals surface area contributed by atoms with Crippen molar-refractivity contribution >= 4 is 0 Å². The van der Waals surface area contributed by atoms with E-state index >= 15 is 0 Å². The van der Waals surface area contributed by atoms with Crippen LogP contribution in [0.15, 0.2) is 36.7 Å². The van der Waals surface area contributed by atoms with Crippen LogP contribution in [0.4, 0.5) is 0 Å². The summed E-state index contributed by atoms with van der Waals surface area (Å²) in [6.07, 6.45) is 6.38. The van der Waals surface area contributed by atoms with Gasteiger partial charge in [0.15, 0.2) is 0 Å². The van der Waals surface area contributed by atoms with Crippen LogP contribution in [0.3, 0.4) is 0 Å². The number of nitrogens with zero attached hydrogens (tertiary/aromatic N) is 2. The van der Waals surface area contributed by atoms with Gasteiger partial charge in [0.2, 0.25) is 0 Å². The van der Waals surface area contributed by atoms with E-state index in [0.717, 1.165) is 25.3 Å². The Morgan fingerprint density at radius 2 is 2.33 bits per heavy atom. The van der Waals surface area contributed by atoms with E-state index in [9.17, 15) is 0 Å². The summed E-state index contributed by atoms with van der Waals surface area (Å²) < 4.78 is 7.93. The molecule has 0 spiro atoms. The molecule has 0 aliphatic carbocycles. The molecule has 1 aliphatic heterocycles. The van der Waals surface area contributed by atoms with Crippen molar-refractivity contribution in [1.29, 1.82) is 0 Å². The van der Waals surface area contributed by atoms with Crippen molar-refractivity contribution in [3.8, 4) is 11.3 Å². The molecular weight excluding hydrogens is 224 g/mol. The first kappa shape index (κ1) is 11.5. The van der Waals surface area contributed by atoms with E-state index in [2.05, 4.69) is 40.0 Å². The molecule has 0 amide bonds. The van der Waals surface area contributed by atoms with Crippen LogP contribution in [0.2, 0.25) is 0 Å². The smallest absolute Gasteiger partial charge is 0.0673 e. The minimum Gasteiger partial charge on any atom is -0.379 e. The van der Waals surface area contributed by atoms with Crippen LogP contribution in [0.1, 0.15) is 24.6 Å². The lowest BCUT2D eigenvalue weighted by Gasteiger charge is -2.25. The first-order chi connectivity index (χ1) is 8.84. The van der Waals surface area contributed by atoms with Gasteiger partial charge in [-0.05, 0) is 44.0 Å². The maximum atomic E-state index is 5.59. The molecule has 0 N–H and O–H groups in total. The lowest BCUT2D eigenvalue weighted by molar-refractivity contribution is 0.0598. The third kappa shape index (κ3) is 2.18. The number of hydrogen-bond donors (Lipinski definition) is 0. The first-order valence-corrected chi connectivity index (χ1v) is 6.52. The zero-order valence-electron chi connectivity index (χ0n) is 10.7. The highest BCUT2D eigenvalue weighted by molar-refractivity contribution is 5.60. The Balaban J connectivity index is 1.95. The van der Waals surface area contributed by atoms with Crippen LogP contribution >= 0.6 is 0 Å². The summed E-state index contributed by atoms with van der Waals surface area (Å²) in [6.45, 7) is 3.76. The van der Waals surface area contributed by atoms with E-state index in [1.54, 1.807) is 0 Å². The van der Waals surface area contributed by atoms with Gasteiger partial charge >= 0.3 is 0 Å². The topological polar surface area (TPSA) is 27.1 Å². The molecule has 0 bridgehead atoms. The molecule has 0 aromatic carbocycles. The maximum absolute atomic E-state index is 5.59. The molecule has 3 nitrogen and oxygen atoms in total. The van der Waals surface area contributed by atoms with Crippen molar-refractivity contribution in [2.24, 2.45) is 0 Å². The second kappa shape index (κ2) is 4.94. The van der Waals surface area contributed by atoms with Gasteiger partial charge in [-0.25, -0.2) is 0 Å². The largest absolute Gasteiger partial charge is 0.379 e. The van der Waals surface area contributed by atoms with Gasteiger partial charge in [-0.15, -0.1) is 0 Å². The summed E-state index contributed by atoms with van der Waals surface area (Å²) in [4.78, 5) is 4.26. The van der Waals surface area contributed by atoms with Gasteiger partial charge in [-0.3, -0.25) is 4.98 Å². The monoisotopic (exact) mass is 242 g/mol. The lowest BCUT2D eigenvalue weighted by Crippen LogP contribution is -2.21. The van der Waals surface area contributed by atoms with Gasteiger partial charge in [0, 0.05) is 36.0 Å². The Bertz CT molecular complexity index is 527. The Hall–Kier alpha value is -1.61. The highest BCUT2D eigenvalue weighted by atomic mass is 16.5. The summed E-state index contributed by atoms with van der Waals surface area (Å²) in [7, 11) is 0. The quantitative estimate of drug-likeness (QED) is 0.808. The number of hydrogen-bond acceptors (Lipinski definition) is 2. The second-order valence-electron chi connectivity index (χ2n) is 4.86. The summed E-state index contributed by atoms with van der Waals surface area (Å²) in [6, 6.07) is 8.96. The van der Waals surface area contributed by atoms with Gasteiger partial charge in [0.05, 0.1) is 12.6 Å². The zero-order valence-corrected chi connectivity index (χ0v) is 10.7. The van der Waals surface area contributed by atoms with E-state index in [1.807, 2.05) is 13.1 Å². The maximum Gasteiger partial charge on any atom is 0.0673 e. The van der Waals surface area contributed by atoms with Crippen molar-refractivity contribution in [2.45, 2.75) is 25.8 Å². The normalized spacial score (nSPS) is 19.9. The molecule has 18 heavy (non-hydrogen) atoms. The summed E-state index contributed by atoms with van der Waals surface area (Å²) in [5.74, 6) is 0. The van der Waals surface area contributed by atoms with Crippen LogP contribution in [-0.2, 0) is 4.74 Å².